The topological polar surface area (TPSA) is 46.5 Å². The van der Waals surface area contributed by atoms with Gasteiger partial charge < -0.3 is 9.84 Å². The molecule has 0 unspecified atom stereocenters. The highest BCUT2D eigenvalue weighted by Gasteiger charge is 2.21. The zero-order chi connectivity index (χ0) is 12.4. The van der Waals surface area contributed by atoms with Crippen molar-refractivity contribution in [2.45, 2.75) is 38.7 Å². The Morgan fingerprint density at radius 2 is 2.06 bits per heavy atom. The Hall–Kier alpha value is -1.22. The van der Waals surface area contributed by atoms with Crippen LogP contribution < -0.4 is 4.74 Å². The zero-order valence-electron chi connectivity index (χ0n) is 9.70. The molecule has 0 aromatic heterocycles. The van der Waals surface area contributed by atoms with Crippen LogP contribution in [0.25, 0.3) is 0 Å². The highest BCUT2D eigenvalue weighted by atomic mass is 35.5. The molecule has 17 heavy (non-hydrogen) atoms. The Balaban J connectivity index is 2.30. The number of aromatic carboxylic acids is 1. The molecule has 1 N–H and O–H groups in total. The molecule has 3 nitrogen and oxygen atoms in total. The predicted octanol–water partition coefficient (Wildman–Crippen LogP) is 3.67. The van der Waals surface area contributed by atoms with Crippen LogP contribution in [0.3, 0.4) is 0 Å². The van der Waals surface area contributed by atoms with Crippen LogP contribution in [0.5, 0.6) is 5.75 Å². The van der Waals surface area contributed by atoms with Crippen LogP contribution >= 0.6 is 11.6 Å². The van der Waals surface area contributed by atoms with Crippen molar-refractivity contribution in [3.63, 3.8) is 0 Å². The molecule has 2 rings (SSSR count). The van der Waals surface area contributed by atoms with Gasteiger partial charge in [-0.1, -0.05) is 11.6 Å². The quantitative estimate of drug-likeness (QED) is 0.895. The monoisotopic (exact) mass is 254 g/mol. The molecule has 0 saturated heterocycles. The first-order chi connectivity index (χ1) is 8.09. The lowest BCUT2D eigenvalue weighted by Gasteiger charge is -2.17. The molecule has 1 aliphatic rings. The number of hydrogen-bond acceptors (Lipinski definition) is 2. The van der Waals surface area contributed by atoms with Crippen molar-refractivity contribution in [3.8, 4) is 5.75 Å². The molecule has 0 radical (unpaired) electrons. The summed E-state index contributed by atoms with van der Waals surface area (Å²) in [5.41, 5.74) is 0.860. The number of halogens is 1. The van der Waals surface area contributed by atoms with Crippen LogP contribution in [0.15, 0.2) is 12.1 Å². The van der Waals surface area contributed by atoms with E-state index < -0.39 is 5.97 Å². The molecular weight excluding hydrogens is 240 g/mol. The summed E-state index contributed by atoms with van der Waals surface area (Å²) in [6, 6.07) is 3.10. The molecule has 1 aliphatic carbocycles. The van der Waals surface area contributed by atoms with Crippen LogP contribution in [-0.2, 0) is 0 Å². The smallest absolute Gasteiger partial charge is 0.336 e. The van der Waals surface area contributed by atoms with E-state index in [9.17, 15) is 4.79 Å². The minimum Gasteiger partial charge on any atom is -0.489 e. The molecule has 92 valence electrons. The first-order valence-corrected chi connectivity index (χ1v) is 6.16. The highest BCUT2D eigenvalue weighted by molar-refractivity contribution is 6.32. The molecule has 1 fully saturated rings. The Morgan fingerprint density at radius 3 is 2.65 bits per heavy atom. The van der Waals surface area contributed by atoms with E-state index in [0.717, 1.165) is 12.8 Å². The van der Waals surface area contributed by atoms with Crippen molar-refractivity contribution in [1.82, 2.24) is 0 Å². The molecule has 0 spiro atoms. The number of hydrogen-bond donors (Lipinski definition) is 1. The zero-order valence-corrected chi connectivity index (χ0v) is 10.5. The molecule has 0 heterocycles. The van der Waals surface area contributed by atoms with Gasteiger partial charge in [-0.05, 0) is 44.7 Å². The fraction of sp³-hybridized carbons (Fsp3) is 0.462. The highest BCUT2D eigenvalue weighted by Crippen LogP contribution is 2.34. The van der Waals surface area contributed by atoms with Gasteiger partial charge in [0.25, 0.3) is 0 Å². The van der Waals surface area contributed by atoms with Gasteiger partial charge in [0, 0.05) is 5.56 Å². The van der Waals surface area contributed by atoms with Crippen molar-refractivity contribution < 1.29 is 14.6 Å². The Labute approximate surface area is 105 Å². The first-order valence-electron chi connectivity index (χ1n) is 5.78. The number of rotatable bonds is 3. The van der Waals surface area contributed by atoms with Gasteiger partial charge >= 0.3 is 5.97 Å². The maximum absolute atomic E-state index is 11.0. The second-order valence-corrected chi connectivity index (χ2v) is 4.79. The standard InChI is InChI=1S/C13H15ClO3/c1-8-10(13(15)16)6-7-11(14)12(8)17-9-4-2-3-5-9/h6-7,9H,2-5H2,1H3,(H,15,16). The van der Waals surface area contributed by atoms with Gasteiger partial charge in [-0.25, -0.2) is 4.79 Å². The predicted molar refractivity (Wildman–Crippen MR) is 66.0 cm³/mol. The number of carboxylic acids is 1. The van der Waals surface area contributed by atoms with Crippen molar-refractivity contribution in [2.75, 3.05) is 0 Å². The normalized spacial score (nSPS) is 16.1. The van der Waals surface area contributed by atoms with Gasteiger partial charge in [0.2, 0.25) is 0 Å². The van der Waals surface area contributed by atoms with Crippen LogP contribution in [0.1, 0.15) is 41.6 Å². The third kappa shape index (κ3) is 2.55. The van der Waals surface area contributed by atoms with Gasteiger partial charge in [-0.3, -0.25) is 0 Å². The van der Waals surface area contributed by atoms with Gasteiger partial charge in [0.1, 0.15) is 5.75 Å². The third-order valence-corrected chi connectivity index (χ3v) is 3.47. The molecule has 1 aromatic carbocycles. The Kier molecular flexibility index (Phi) is 3.57. The largest absolute Gasteiger partial charge is 0.489 e. The van der Waals surface area contributed by atoms with E-state index >= 15 is 0 Å². The Morgan fingerprint density at radius 1 is 1.41 bits per heavy atom. The minimum atomic E-state index is -0.949. The van der Waals surface area contributed by atoms with Gasteiger partial charge in [-0.2, -0.15) is 0 Å². The van der Waals surface area contributed by atoms with E-state index in [-0.39, 0.29) is 11.7 Å². The second kappa shape index (κ2) is 4.96. The van der Waals surface area contributed by atoms with Gasteiger partial charge in [0.05, 0.1) is 16.7 Å². The molecule has 0 atom stereocenters. The van der Waals surface area contributed by atoms with Crippen LogP contribution in [0.2, 0.25) is 5.02 Å². The lowest BCUT2D eigenvalue weighted by molar-refractivity contribution is 0.0695. The number of benzene rings is 1. The molecule has 1 saturated carbocycles. The average Bonchev–Trinajstić information content (AvgIpc) is 2.76. The summed E-state index contributed by atoms with van der Waals surface area (Å²) in [5, 5.41) is 9.53. The van der Waals surface area contributed by atoms with Crippen LogP contribution in [-0.4, -0.2) is 17.2 Å². The summed E-state index contributed by atoms with van der Waals surface area (Å²) in [6.45, 7) is 1.74. The van der Waals surface area contributed by atoms with E-state index in [1.54, 1.807) is 13.0 Å². The number of carbonyl (C=O) groups is 1. The summed E-state index contributed by atoms with van der Waals surface area (Å²) in [4.78, 5) is 11.0. The first kappa shape index (κ1) is 12.2. The van der Waals surface area contributed by atoms with Gasteiger partial charge in [-0.15, -0.1) is 0 Å². The van der Waals surface area contributed by atoms with E-state index in [2.05, 4.69) is 0 Å². The maximum Gasteiger partial charge on any atom is 0.336 e. The molecule has 0 amide bonds. The summed E-state index contributed by atoms with van der Waals surface area (Å²) in [7, 11) is 0. The fourth-order valence-electron chi connectivity index (χ4n) is 2.21. The molecule has 0 bridgehead atoms. The molecule has 1 aromatic rings. The van der Waals surface area contributed by atoms with E-state index in [1.165, 1.54) is 18.9 Å². The molecule has 0 aliphatic heterocycles. The van der Waals surface area contributed by atoms with Crippen LogP contribution in [0, 0.1) is 6.92 Å². The lowest BCUT2D eigenvalue weighted by Crippen LogP contribution is -2.13. The SMILES string of the molecule is Cc1c(C(=O)O)ccc(Cl)c1OC1CCCC1. The average molecular weight is 255 g/mol. The van der Waals surface area contributed by atoms with Gasteiger partial charge in [0.15, 0.2) is 0 Å². The number of ether oxygens (including phenoxy) is 1. The summed E-state index contributed by atoms with van der Waals surface area (Å²) < 4.78 is 5.83. The second-order valence-electron chi connectivity index (χ2n) is 4.38. The molecule has 4 heteroatoms. The summed E-state index contributed by atoms with van der Waals surface area (Å²) in [6.07, 6.45) is 4.55. The van der Waals surface area contributed by atoms with Crippen molar-refractivity contribution in [3.05, 3.63) is 28.3 Å². The Bertz CT molecular complexity index is 437. The summed E-state index contributed by atoms with van der Waals surface area (Å²) >= 11 is 6.07. The maximum atomic E-state index is 11.0. The number of carboxylic acid groups (broad SMARTS) is 1. The molecular formula is C13H15ClO3. The van der Waals surface area contributed by atoms with E-state index in [4.69, 9.17) is 21.4 Å². The minimum absolute atomic E-state index is 0.176. The van der Waals surface area contributed by atoms with E-state index in [1.807, 2.05) is 0 Å². The third-order valence-electron chi connectivity index (χ3n) is 3.17. The van der Waals surface area contributed by atoms with Crippen molar-refractivity contribution >= 4 is 17.6 Å². The van der Waals surface area contributed by atoms with E-state index in [0.29, 0.717) is 16.3 Å². The van der Waals surface area contributed by atoms with Crippen LogP contribution in [0.4, 0.5) is 0 Å². The van der Waals surface area contributed by atoms with Crippen molar-refractivity contribution in [1.29, 1.82) is 0 Å². The van der Waals surface area contributed by atoms with Crippen molar-refractivity contribution in [2.24, 2.45) is 0 Å². The lowest BCUT2D eigenvalue weighted by atomic mass is 10.1. The summed E-state index contributed by atoms with van der Waals surface area (Å²) in [5.74, 6) is -0.422. The fourth-order valence-corrected chi connectivity index (χ4v) is 2.46.